The van der Waals surface area contributed by atoms with E-state index in [2.05, 4.69) is 16.2 Å². The van der Waals surface area contributed by atoms with Gasteiger partial charge in [-0.05, 0) is 30.5 Å². The molecule has 4 nitrogen and oxygen atoms in total. The van der Waals surface area contributed by atoms with Gasteiger partial charge in [0.05, 0.1) is 17.5 Å². The van der Waals surface area contributed by atoms with Gasteiger partial charge < -0.3 is 15.0 Å². The summed E-state index contributed by atoms with van der Waals surface area (Å²) in [6, 6.07) is 5.24. The van der Waals surface area contributed by atoms with Gasteiger partial charge in [-0.3, -0.25) is 4.79 Å². The molecular formula is C17H17ClN2O2. The molecule has 3 rings (SSSR count). The molecule has 1 aromatic heterocycles. The maximum atomic E-state index is 12.3. The highest BCUT2D eigenvalue weighted by molar-refractivity contribution is 6.35. The Labute approximate surface area is 134 Å². The number of fused-ring (bicyclic) bond motifs is 1. The Morgan fingerprint density at radius 3 is 3.18 bits per heavy atom. The molecule has 1 aliphatic heterocycles. The predicted octanol–water partition coefficient (Wildman–Crippen LogP) is 2.66. The molecule has 0 saturated carbocycles. The van der Waals surface area contributed by atoms with E-state index in [9.17, 15) is 4.79 Å². The first-order chi connectivity index (χ1) is 10.7. The topological polar surface area (TPSA) is 54.1 Å². The second-order valence-corrected chi connectivity index (χ2v) is 5.82. The predicted molar refractivity (Wildman–Crippen MR) is 86.8 cm³/mol. The van der Waals surface area contributed by atoms with Crippen LogP contribution in [0.25, 0.3) is 10.9 Å². The molecule has 2 atom stereocenters. The van der Waals surface area contributed by atoms with Crippen molar-refractivity contribution in [3.8, 4) is 12.3 Å². The molecule has 1 aliphatic rings. The number of rotatable bonds is 4. The normalized spacial score (nSPS) is 19.0. The van der Waals surface area contributed by atoms with Gasteiger partial charge in [0.2, 0.25) is 5.91 Å². The van der Waals surface area contributed by atoms with Crippen LogP contribution in [0, 0.1) is 12.3 Å². The minimum absolute atomic E-state index is 0.0829. The van der Waals surface area contributed by atoms with Gasteiger partial charge in [-0.2, -0.15) is 0 Å². The van der Waals surface area contributed by atoms with E-state index < -0.39 is 0 Å². The number of benzene rings is 1. The Morgan fingerprint density at radius 2 is 2.45 bits per heavy atom. The average molecular weight is 317 g/mol. The Kier molecular flexibility index (Phi) is 4.37. The van der Waals surface area contributed by atoms with E-state index in [0.717, 1.165) is 29.3 Å². The average Bonchev–Trinajstić information content (AvgIpc) is 3.15. The lowest BCUT2D eigenvalue weighted by Crippen LogP contribution is -2.42. The second-order valence-electron chi connectivity index (χ2n) is 5.42. The SMILES string of the molecule is C#C[C@H](NC(=O)Cc1c[nH]c2cccc(Cl)c12)[C@H]1CCCO1. The fourth-order valence-corrected chi connectivity index (χ4v) is 3.15. The number of H-pyrrole nitrogens is 1. The van der Waals surface area contributed by atoms with Crippen molar-refractivity contribution < 1.29 is 9.53 Å². The zero-order chi connectivity index (χ0) is 15.5. The van der Waals surface area contributed by atoms with Gasteiger partial charge in [-0.1, -0.05) is 23.6 Å². The first-order valence-corrected chi connectivity index (χ1v) is 7.68. The minimum Gasteiger partial charge on any atom is -0.375 e. The number of ether oxygens (including phenoxy) is 1. The van der Waals surface area contributed by atoms with E-state index in [1.54, 1.807) is 0 Å². The fourth-order valence-electron chi connectivity index (χ4n) is 2.85. The summed E-state index contributed by atoms with van der Waals surface area (Å²) in [5, 5.41) is 4.39. The van der Waals surface area contributed by atoms with Crippen LogP contribution in [0.1, 0.15) is 18.4 Å². The molecule has 0 bridgehead atoms. The number of amides is 1. The zero-order valence-corrected chi connectivity index (χ0v) is 12.8. The molecule has 22 heavy (non-hydrogen) atoms. The first kappa shape index (κ1) is 15.0. The molecule has 2 aromatic rings. The van der Waals surface area contributed by atoms with Crippen molar-refractivity contribution >= 4 is 28.4 Å². The summed E-state index contributed by atoms with van der Waals surface area (Å²) in [6.07, 6.45) is 9.34. The van der Waals surface area contributed by atoms with Crippen LogP contribution in [0.3, 0.4) is 0 Å². The molecule has 114 valence electrons. The van der Waals surface area contributed by atoms with E-state index >= 15 is 0 Å². The summed E-state index contributed by atoms with van der Waals surface area (Å²) >= 11 is 6.22. The number of nitrogens with one attached hydrogen (secondary N) is 2. The number of hydrogen-bond donors (Lipinski definition) is 2. The Hall–Kier alpha value is -1.96. The number of carbonyl (C=O) groups excluding carboxylic acids is 1. The molecule has 1 amide bonds. The molecule has 2 N–H and O–H groups in total. The van der Waals surface area contributed by atoms with Crippen molar-refractivity contribution in [3.05, 3.63) is 35.0 Å². The number of hydrogen-bond acceptors (Lipinski definition) is 2. The van der Waals surface area contributed by atoms with E-state index in [1.165, 1.54) is 0 Å². The van der Waals surface area contributed by atoms with Crippen LogP contribution in [-0.2, 0) is 16.0 Å². The van der Waals surface area contributed by atoms with Gasteiger partial charge in [0.15, 0.2) is 0 Å². The van der Waals surface area contributed by atoms with Crippen molar-refractivity contribution in [2.24, 2.45) is 0 Å². The van der Waals surface area contributed by atoms with Gasteiger partial charge in [0.25, 0.3) is 0 Å². The van der Waals surface area contributed by atoms with Crippen LogP contribution in [0.4, 0.5) is 0 Å². The van der Waals surface area contributed by atoms with E-state index in [1.807, 2.05) is 24.4 Å². The van der Waals surface area contributed by atoms with Crippen LogP contribution in [0.15, 0.2) is 24.4 Å². The quantitative estimate of drug-likeness (QED) is 0.852. The largest absolute Gasteiger partial charge is 0.375 e. The van der Waals surface area contributed by atoms with Crippen molar-refractivity contribution in [1.82, 2.24) is 10.3 Å². The number of carbonyl (C=O) groups is 1. The summed E-state index contributed by atoms with van der Waals surface area (Å²) in [7, 11) is 0. The highest BCUT2D eigenvalue weighted by Crippen LogP contribution is 2.26. The third kappa shape index (κ3) is 2.96. The molecule has 0 unspecified atom stereocenters. The van der Waals surface area contributed by atoms with Crippen LogP contribution in [0.5, 0.6) is 0 Å². The second kappa shape index (κ2) is 6.43. The van der Waals surface area contributed by atoms with Gasteiger partial charge in [-0.15, -0.1) is 6.42 Å². The lowest BCUT2D eigenvalue weighted by atomic mass is 10.1. The number of aromatic nitrogens is 1. The number of terminal acetylenes is 1. The molecule has 0 radical (unpaired) electrons. The van der Waals surface area contributed by atoms with Gasteiger partial charge in [-0.25, -0.2) is 0 Å². The monoisotopic (exact) mass is 316 g/mol. The first-order valence-electron chi connectivity index (χ1n) is 7.30. The highest BCUT2D eigenvalue weighted by Gasteiger charge is 2.26. The summed E-state index contributed by atoms with van der Waals surface area (Å²) in [5.41, 5.74) is 1.78. The highest BCUT2D eigenvalue weighted by atomic mass is 35.5. The fraction of sp³-hybridized carbons (Fsp3) is 0.353. The van der Waals surface area contributed by atoms with Crippen LogP contribution in [-0.4, -0.2) is 29.6 Å². The number of halogens is 1. The third-order valence-electron chi connectivity index (χ3n) is 3.92. The smallest absolute Gasteiger partial charge is 0.225 e. The van der Waals surface area contributed by atoms with Gasteiger partial charge in [0, 0.05) is 23.7 Å². The molecule has 2 heterocycles. The van der Waals surface area contributed by atoms with E-state index in [-0.39, 0.29) is 24.5 Å². The summed E-state index contributed by atoms with van der Waals surface area (Å²) in [4.78, 5) is 15.4. The Morgan fingerprint density at radius 1 is 1.59 bits per heavy atom. The van der Waals surface area contributed by atoms with E-state index in [4.69, 9.17) is 22.8 Å². The maximum Gasteiger partial charge on any atom is 0.225 e. The molecule has 1 fully saturated rings. The lowest BCUT2D eigenvalue weighted by molar-refractivity contribution is -0.121. The molecule has 5 heteroatoms. The van der Waals surface area contributed by atoms with Crippen LogP contribution >= 0.6 is 11.6 Å². The number of aromatic amines is 1. The van der Waals surface area contributed by atoms with Crippen molar-refractivity contribution in [3.63, 3.8) is 0 Å². The minimum atomic E-state index is -0.379. The van der Waals surface area contributed by atoms with Crippen LogP contribution < -0.4 is 5.32 Å². The van der Waals surface area contributed by atoms with Crippen molar-refractivity contribution in [2.75, 3.05) is 6.61 Å². The van der Waals surface area contributed by atoms with E-state index in [0.29, 0.717) is 11.6 Å². The molecule has 1 saturated heterocycles. The van der Waals surface area contributed by atoms with Crippen LogP contribution in [0.2, 0.25) is 5.02 Å². The molecule has 0 spiro atoms. The summed E-state index contributed by atoms with van der Waals surface area (Å²) < 4.78 is 5.55. The summed E-state index contributed by atoms with van der Waals surface area (Å²) in [6.45, 7) is 0.705. The molecular weight excluding hydrogens is 300 g/mol. The van der Waals surface area contributed by atoms with Crippen molar-refractivity contribution in [2.45, 2.75) is 31.4 Å². The third-order valence-corrected chi connectivity index (χ3v) is 4.24. The molecule has 0 aliphatic carbocycles. The molecule has 1 aromatic carbocycles. The summed E-state index contributed by atoms with van der Waals surface area (Å²) in [5.74, 6) is 2.49. The Bertz CT molecular complexity index is 726. The van der Waals surface area contributed by atoms with Crippen molar-refractivity contribution in [1.29, 1.82) is 0 Å². The Balaban J connectivity index is 1.72. The lowest BCUT2D eigenvalue weighted by Gasteiger charge is -2.19. The zero-order valence-electron chi connectivity index (χ0n) is 12.1. The maximum absolute atomic E-state index is 12.3. The standard InChI is InChI=1S/C17H17ClN2O2/c1-2-13(15-7-4-8-22-15)20-16(21)9-11-10-19-14-6-3-5-12(18)17(11)14/h1,3,5-6,10,13,15,19H,4,7-9H2,(H,20,21)/t13-,15+/m0/s1. The van der Waals surface area contributed by atoms with Gasteiger partial charge in [0.1, 0.15) is 6.04 Å². The van der Waals surface area contributed by atoms with Gasteiger partial charge >= 0.3 is 0 Å².